The minimum atomic E-state index is -1.01. The molecule has 0 bridgehead atoms. The molecule has 1 fully saturated rings. The molecule has 6 heteroatoms. The Labute approximate surface area is 158 Å². The summed E-state index contributed by atoms with van der Waals surface area (Å²) in [5.41, 5.74) is 0.846. The highest BCUT2D eigenvalue weighted by atomic mass is 16.7. The predicted octanol–water partition coefficient (Wildman–Crippen LogP) is 3.49. The van der Waals surface area contributed by atoms with Crippen molar-refractivity contribution in [2.75, 3.05) is 21.0 Å². The summed E-state index contributed by atoms with van der Waals surface area (Å²) < 4.78 is 28.1. The van der Waals surface area contributed by atoms with Gasteiger partial charge in [0.25, 0.3) is 0 Å². The van der Waals surface area contributed by atoms with E-state index < -0.39 is 5.60 Å². The summed E-state index contributed by atoms with van der Waals surface area (Å²) in [6.45, 7) is 5.98. The van der Waals surface area contributed by atoms with Crippen molar-refractivity contribution in [2.24, 2.45) is 5.92 Å². The Morgan fingerprint density at radius 1 is 1.33 bits per heavy atom. The van der Waals surface area contributed by atoms with Crippen LogP contribution in [0.4, 0.5) is 0 Å². The van der Waals surface area contributed by atoms with Gasteiger partial charge in [-0.2, -0.15) is 0 Å². The average Bonchev–Trinajstić information content (AvgIpc) is 3.26. The minimum Gasteiger partial charge on any atom is -0.493 e. The zero-order valence-electron chi connectivity index (χ0n) is 15.6. The molecule has 6 nitrogen and oxygen atoms in total. The van der Waals surface area contributed by atoms with Gasteiger partial charge in [-0.05, 0) is 18.2 Å². The molecule has 0 spiro atoms. The highest BCUT2D eigenvalue weighted by molar-refractivity contribution is 6.01. The number of carbonyl (C=O) groups is 1. The van der Waals surface area contributed by atoms with E-state index in [2.05, 4.69) is 13.5 Å². The van der Waals surface area contributed by atoms with Crippen LogP contribution in [0.1, 0.15) is 25.0 Å². The van der Waals surface area contributed by atoms with Gasteiger partial charge in [-0.1, -0.05) is 13.0 Å². The molecule has 0 radical (unpaired) electrons. The molecule has 142 valence electrons. The second-order valence-electron chi connectivity index (χ2n) is 6.84. The third-order valence-electron chi connectivity index (χ3n) is 5.37. The Balaban J connectivity index is 1.73. The van der Waals surface area contributed by atoms with Crippen LogP contribution in [0.25, 0.3) is 0 Å². The summed E-state index contributed by atoms with van der Waals surface area (Å²) in [5, 5.41) is 0. The lowest BCUT2D eigenvalue weighted by Crippen LogP contribution is -2.39. The highest BCUT2D eigenvalue weighted by Crippen LogP contribution is 2.51. The number of ether oxygens (including phenoxy) is 5. The summed E-state index contributed by atoms with van der Waals surface area (Å²) in [5.74, 6) is 2.30. The maximum Gasteiger partial charge on any atom is 0.231 e. The second kappa shape index (κ2) is 6.46. The number of benzene rings is 1. The number of carbonyl (C=O) groups excluding carboxylic acids is 1. The molecule has 1 saturated heterocycles. The standard InChI is InChI=1S/C21H22O6/c1-5-6-21(24-4)10-14-12(2)19(27-15(14)9-18(21)22)13-7-16(23-3)20-17(8-13)25-11-26-20/h5,7-10,12,19H,1,6,11H2,2-4H3/t12-,19+,21+/m0/s1. The number of hydrogen-bond donors (Lipinski definition) is 0. The molecule has 0 unspecified atom stereocenters. The van der Waals surface area contributed by atoms with Crippen molar-refractivity contribution < 1.29 is 28.5 Å². The van der Waals surface area contributed by atoms with Crippen LogP contribution in [0.15, 0.2) is 48.3 Å². The Morgan fingerprint density at radius 2 is 2.15 bits per heavy atom. The van der Waals surface area contributed by atoms with Crippen molar-refractivity contribution in [3.8, 4) is 17.2 Å². The molecular weight excluding hydrogens is 348 g/mol. The Kier molecular flexibility index (Phi) is 4.23. The molecule has 0 N–H and O–H groups in total. The van der Waals surface area contributed by atoms with E-state index in [0.29, 0.717) is 29.4 Å². The number of allylic oxidation sites excluding steroid dienone is 1. The second-order valence-corrected chi connectivity index (χ2v) is 6.84. The molecule has 0 saturated carbocycles. The van der Waals surface area contributed by atoms with Gasteiger partial charge in [0.15, 0.2) is 22.9 Å². The van der Waals surface area contributed by atoms with E-state index in [1.54, 1.807) is 13.2 Å². The molecule has 0 amide bonds. The first-order valence-corrected chi connectivity index (χ1v) is 8.82. The van der Waals surface area contributed by atoms with Gasteiger partial charge in [0.2, 0.25) is 12.5 Å². The Bertz CT molecular complexity index is 868. The van der Waals surface area contributed by atoms with Gasteiger partial charge in [0.1, 0.15) is 11.9 Å². The van der Waals surface area contributed by atoms with E-state index in [1.807, 2.05) is 18.2 Å². The normalized spacial score (nSPS) is 28.2. The van der Waals surface area contributed by atoms with Gasteiger partial charge in [0.05, 0.1) is 7.11 Å². The largest absolute Gasteiger partial charge is 0.493 e. The maximum absolute atomic E-state index is 12.7. The number of ketones is 1. The van der Waals surface area contributed by atoms with Crippen LogP contribution in [0.3, 0.4) is 0 Å². The van der Waals surface area contributed by atoms with Crippen LogP contribution in [0.2, 0.25) is 0 Å². The minimum absolute atomic E-state index is 0.0220. The zero-order chi connectivity index (χ0) is 19.2. The first-order chi connectivity index (χ1) is 13.0. The number of hydrogen-bond acceptors (Lipinski definition) is 6. The fourth-order valence-electron chi connectivity index (χ4n) is 3.87. The summed E-state index contributed by atoms with van der Waals surface area (Å²) >= 11 is 0. The molecule has 1 aliphatic carbocycles. The van der Waals surface area contributed by atoms with E-state index in [0.717, 1.165) is 11.1 Å². The van der Waals surface area contributed by atoms with Gasteiger partial charge in [-0.25, -0.2) is 0 Å². The molecule has 27 heavy (non-hydrogen) atoms. The van der Waals surface area contributed by atoms with Crippen molar-refractivity contribution in [1.82, 2.24) is 0 Å². The van der Waals surface area contributed by atoms with Gasteiger partial charge in [-0.3, -0.25) is 4.79 Å². The molecule has 2 aliphatic heterocycles. The van der Waals surface area contributed by atoms with Crippen LogP contribution < -0.4 is 14.2 Å². The molecule has 0 aromatic heterocycles. The topological polar surface area (TPSA) is 63.2 Å². The van der Waals surface area contributed by atoms with Gasteiger partial charge in [-0.15, -0.1) is 6.58 Å². The van der Waals surface area contributed by atoms with Crippen molar-refractivity contribution >= 4 is 5.78 Å². The highest BCUT2D eigenvalue weighted by Gasteiger charge is 2.45. The van der Waals surface area contributed by atoms with Crippen molar-refractivity contribution in [1.29, 1.82) is 0 Å². The molecule has 1 aromatic carbocycles. The smallest absolute Gasteiger partial charge is 0.231 e. The van der Waals surface area contributed by atoms with E-state index in [9.17, 15) is 4.79 Å². The van der Waals surface area contributed by atoms with Crippen LogP contribution in [0.5, 0.6) is 17.2 Å². The van der Waals surface area contributed by atoms with E-state index >= 15 is 0 Å². The molecule has 3 atom stereocenters. The summed E-state index contributed by atoms with van der Waals surface area (Å²) in [4.78, 5) is 12.7. The number of fused-ring (bicyclic) bond motifs is 2. The fourth-order valence-corrected chi connectivity index (χ4v) is 3.87. The van der Waals surface area contributed by atoms with Crippen LogP contribution in [0, 0.1) is 5.92 Å². The number of rotatable bonds is 5. The zero-order valence-corrected chi connectivity index (χ0v) is 15.6. The Morgan fingerprint density at radius 3 is 2.85 bits per heavy atom. The first-order valence-electron chi connectivity index (χ1n) is 8.82. The summed E-state index contributed by atoms with van der Waals surface area (Å²) in [6, 6.07) is 3.79. The Hall–Kier alpha value is -2.73. The molecule has 4 rings (SSSR count). The SMILES string of the molecule is C=CC[C@@]1(OC)C=C2C(=CC1=O)O[C@@H](c1cc(OC)c3c(c1)OCO3)[C@H]2C. The van der Waals surface area contributed by atoms with Crippen molar-refractivity contribution in [3.63, 3.8) is 0 Å². The molecular formula is C21H22O6. The third kappa shape index (κ3) is 2.63. The van der Waals surface area contributed by atoms with Gasteiger partial charge < -0.3 is 23.7 Å². The molecule has 2 heterocycles. The quantitative estimate of drug-likeness (QED) is 0.740. The monoisotopic (exact) mass is 370 g/mol. The van der Waals surface area contributed by atoms with Gasteiger partial charge in [0, 0.05) is 36.7 Å². The summed E-state index contributed by atoms with van der Waals surface area (Å²) in [6.07, 6.45) is 5.24. The van der Waals surface area contributed by atoms with Crippen LogP contribution >= 0.6 is 0 Å². The van der Waals surface area contributed by atoms with Crippen LogP contribution in [-0.2, 0) is 14.3 Å². The fraction of sp³-hybridized carbons (Fsp3) is 0.381. The van der Waals surface area contributed by atoms with Gasteiger partial charge >= 0.3 is 0 Å². The lowest BCUT2D eigenvalue weighted by Gasteiger charge is -2.29. The van der Waals surface area contributed by atoms with E-state index in [4.69, 9.17) is 23.7 Å². The molecule has 1 aromatic rings. The average molecular weight is 370 g/mol. The maximum atomic E-state index is 12.7. The van der Waals surface area contributed by atoms with Crippen molar-refractivity contribution in [2.45, 2.75) is 25.0 Å². The summed E-state index contributed by atoms with van der Waals surface area (Å²) in [7, 11) is 3.13. The predicted molar refractivity (Wildman–Crippen MR) is 97.8 cm³/mol. The first kappa shape index (κ1) is 17.7. The number of methoxy groups -OCH3 is 2. The lowest BCUT2D eigenvalue weighted by atomic mass is 9.82. The van der Waals surface area contributed by atoms with E-state index in [1.165, 1.54) is 13.2 Å². The lowest BCUT2D eigenvalue weighted by molar-refractivity contribution is -0.130. The van der Waals surface area contributed by atoms with Crippen LogP contribution in [-0.4, -0.2) is 32.4 Å². The third-order valence-corrected chi connectivity index (χ3v) is 5.37. The molecule has 3 aliphatic rings. The van der Waals surface area contributed by atoms with Crippen molar-refractivity contribution in [3.05, 3.63) is 53.8 Å². The van der Waals surface area contributed by atoms with E-state index in [-0.39, 0.29) is 24.6 Å².